The van der Waals surface area contributed by atoms with E-state index in [0.29, 0.717) is 5.92 Å². The summed E-state index contributed by atoms with van der Waals surface area (Å²) in [7, 11) is -1.23. The fourth-order valence-electron chi connectivity index (χ4n) is 6.66. The molecule has 0 aliphatic heterocycles. The van der Waals surface area contributed by atoms with Crippen molar-refractivity contribution in [3.8, 4) is 33.6 Å². The molecule has 0 saturated heterocycles. The van der Waals surface area contributed by atoms with Gasteiger partial charge in [0.2, 0.25) is 0 Å². The molecule has 0 amide bonds. The average molecular weight is 859 g/mol. The first kappa shape index (κ1) is 36.1. The van der Waals surface area contributed by atoms with Crippen LogP contribution in [0.15, 0.2) is 138 Å². The molecule has 0 bridgehead atoms. The number of rotatable bonds is 7. The Bertz CT molecular complexity index is 2390. The van der Waals surface area contributed by atoms with Crippen LogP contribution in [0.1, 0.15) is 38.2 Å². The molecule has 0 saturated carbocycles. The van der Waals surface area contributed by atoms with Gasteiger partial charge in [0.25, 0.3) is 0 Å². The summed E-state index contributed by atoms with van der Waals surface area (Å²) in [5.41, 5.74) is 9.50. The van der Waals surface area contributed by atoms with Gasteiger partial charge in [-0.3, -0.25) is 0 Å². The van der Waals surface area contributed by atoms with Gasteiger partial charge in [-0.1, -0.05) is 123 Å². The smallest absolute Gasteiger partial charge is 0.123 e. The van der Waals surface area contributed by atoms with E-state index >= 15 is 0 Å². The first-order valence-corrected chi connectivity index (χ1v) is 21.1. The molecule has 0 spiro atoms. The summed E-state index contributed by atoms with van der Waals surface area (Å²) in [4.78, 5) is 9.15. The van der Waals surface area contributed by atoms with Crippen LogP contribution in [-0.2, 0) is 20.1 Å². The molecule has 0 aliphatic rings. The fraction of sp³-hybridized carbons (Fsp3) is 0.174. The summed E-state index contributed by atoms with van der Waals surface area (Å²) in [5.74, 6) is 0.559. The van der Waals surface area contributed by atoms with Crippen LogP contribution in [0.2, 0.25) is 19.6 Å². The third kappa shape index (κ3) is 7.82. The zero-order valence-electron chi connectivity index (χ0n) is 29.8. The summed E-state index contributed by atoms with van der Waals surface area (Å²) < 4.78 is 6.27. The van der Waals surface area contributed by atoms with E-state index in [1.54, 1.807) is 0 Å². The molecule has 8 aromatic rings. The van der Waals surface area contributed by atoms with Crippen LogP contribution in [-0.4, -0.2) is 18.0 Å². The Kier molecular flexibility index (Phi) is 11.1. The minimum atomic E-state index is -1.23. The van der Waals surface area contributed by atoms with Crippen molar-refractivity contribution in [3.05, 3.63) is 151 Å². The molecule has 5 heteroatoms. The van der Waals surface area contributed by atoms with Gasteiger partial charge < -0.3 is 14.4 Å². The number of pyridine rings is 2. The van der Waals surface area contributed by atoms with Gasteiger partial charge in [0.05, 0.1) is 13.7 Å². The second kappa shape index (κ2) is 15.7. The molecule has 0 aliphatic carbocycles. The number of fused-ring (bicyclic) bond motifs is 4. The van der Waals surface area contributed by atoms with Gasteiger partial charge in [0, 0.05) is 32.5 Å². The zero-order chi connectivity index (χ0) is 34.7. The van der Waals surface area contributed by atoms with Crippen LogP contribution in [0.4, 0.5) is 0 Å². The summed E-state index contributed by atoms with van der Waals surface area (Å²) >= 11 is 0. The maximum atomic E-state index is 6.27. The normalized spacial score (nSPS) is 11.4. The molecule has 3 nitrogen and oxygen atoms in total. The predicted octanol–water partition coefficient (Wildman–Crippen LogP) is 12.3. The van der Waals surface area contributed by atoms with Crippen molar-refractivity contribution in [3.63, 3.8) is 0 Å². The Morgan fingerprint density at radius 3 is 2.22 bits per heavy atom. The third-order valence-corrected chi connectivity index (χ3v) is 11.7. The van der Waals surface area contributed by atoms with Gasteiger partial charge in [-0.05, 0) is 74.8 Å². The second-order valence-corrected chi connectivity index (χ2v) is 19.0. The molecule has 0 unspecified atom stereocenters. The van der Waals surface area contributed by atoms with E-state index in [-0.39, 0.29) is 20.1 Å². The maximum Gasteiger partial charge on any atom is 0.123 e. The third-order valence-electron chi connectivity index (χ3n) is 9.63. The van der Waals surface area contributed by atoms with Gasteiger partial charge in [-0.2, -0.15) is 0 Å². The average Bonchev–Trinajstić information content (AvgIpc) is 3.53. The predicted molar refractivity (Wildman–Crippen MR) is 214 cm³/mol. The molecule has 5 aromatic carbocycles. The van der Waals surface area contributed by atoms with Crippen molar-refractivity contribution in [2.24, 2.45) is 0 Å². The Hall–Kier alpha value is -4.67. The summed E-state index contributed by atoms with van der Waals surface area (Å²) in [6.45, 7) is 11.5. The molecule has 0 atom stereocenters. The van der Waals surface area contributed by atoms with E-state index in [9.17, 15) is 0 Å². The van der Waals surface area contributed by atoms with Gasteiger partial charge in [0.15, 0.2) is 0 Å². The molecule has 0 N–H and O–H groups in total. The minimum Gasteiger partial charge on any atom is -0.476 e. The van der Waals surface area contributed by atoms with E-state index in [4.69, 9.17) is 4.42 Å². The van der Waals surface area contributed by atoms with E-state index in [1.165, 1.54) is 32.6 Å². The molecule has 257 valence electrons. The van der Waals surface area contributed by atoms with Crippen molar-refractivity contribution in [1.82, 2.24) is 9.97 Å². The van der Waals surface area contributed by atoms with Crippen molar-refractivity contribution < 1.29 is 24.5 Å². The summed E-state index contributed by atoms with van der Waals surface area (Å²) in [5, 5.41) is 6.10. The molecular weight excluding hydrogens is 817 g/mol. The molecule has 51 heavy (non-hydrogen) atoms. The minimum absolute atomic E-state index is 0. The van der Waals surface area contributed by atoms with Crippen LogP contribution in [0.3, 0.4) is 0 Å². The number of benzene rings is 5. The summed E-state index contributed by atoms with van der Waals surface area (Å²) in [6, 6.07) is 48.8. The van der Waals surface area contributed by atoms with Crippen LogP contribution in [0, 0.1) is 12.1 Å². The molecule has 1 radical (unpaired) electrons. The van der Waals surface area contributed by atoms with E-state index in [2.05, 4.69) is 153 Å². The Morgan fingerprint density at radius 1 is 0.667 bits per heavy atom. The van der Waals surface area contributed by atoms with Gasteiger partial charge in [0.1, 0.15) is 5.58 Å². The number of nitrogens with zero attached hydrogens (tertiary/aromatic N) is 2. The molecular formula is C46H42IrN2OSi-2. The van der Waals surface area contributed by atoms with Crippen molar-refractivity contribution >= 4 is 46.0 Å². The Balaban J connectivity index is 0.000000222. The Morgan fingerprint density at radius 2 is 1.47 bits per heavy atom. The second-order valence-electron chi connectivity index (χ2n) is 13.9. The van der Waals surface area contributed by atoms with E-state index in [1.807, 2.05) is 36.7 Å². The fourth-order valence-corrected chi connectivity index (χ4v) is 7.70. The van der Waals surface area contributed by atoms with Gasteiger partial charge in [-0.15, -0.1) is 53.6 Å². The quantitative estimate of drug-likeness (QED) is 0.118. The monoisotopic (exact) mass is 859 g/mol. The van der Waals surface area contributed by atoms with E-state index < -0.39 is 8.07 Å². The SMILES string of the molecule is CCC(CC)c1ccnc(-c2[c-]cc3c(c2)oc2ccc(-c4cccc5ccccc45)cc23)c1.C[Si](C)(C)c1ccc(-c2[c-]cccc2)nc1.[Ir]. The largest absolute Gasteiger partial charge is 0.476 e. The molecule has 3 heterocycles. The number of hydrogen-bond donors (Lipinski definition) is 0. The van der Waals surface area contributed by atoms with Gasteiger partial charge >= 0.3 is 0 Å². The topological polar surface area (TPSA) is 38.9 Å². The van der Waals surface area contributed by atoms with Crippen molar-refractivity contribution in [1.29, 1.82) is 0 Å². The molecule has 0 fully saturated rings. The standard InChI is InChI=1S/C32H26NO.C14H16NSi.Ir/c1-3-21(4-2)23-16-17-33-30(19-23)25-12-14-28-29-18-24(13-15-31(29)34-32(28)20-25)27-11-7-9-22-8-5-6-10-26(22)27;1-16(2,3)13-9-10-14(15-11-13)12-7-5-4-6-8-12;/h5-11,13-21H,3-4H2,1-2H3;4-7,9-11H,1-3H3;/q2*-1;. The first-order chi connectivity index (χ1) is 24.3. The van der Waals surface area contributed by atoms with E-state index in [0.717, 1.165) is 57.3 Å². The molecule has 8 rings (SSSR count). The van der Waals surface area contributed by atoms with Crippen LogP contribution in [0.25, 0.3) is 66.4 Å². The van der Waals surface area contributed by atoms with Gasteiger partial charge in [-0.25, -0.2) is 0 Å². The number of hydrogen-bond acceptors (Lipinski definition) is 3. The first-order valence-electron chi connectivity index (χ1n) is 17.6. The van der Waals surface area contributed by atoms with Crippen molar-refractivity contribution in [2.45, 2.75) is 52.2 Å². The summed E-state index contributed by atoms with van der Waals surface area (Å²) in [6.07, 6.45) is 6.19. The number of furan rings is 1. The van der Waals surface area contributed by atoms with Crippen LogP contribution in [0.5, 0.6) is 0 Å². The van der Waals surface area contributed by atoms with Crippen molar-refractivity contribution in [2.75, 3.05) is 0 Å². The molecule has 3 aromatic heterocycles. The zero-order valence-corrected chi connectivity index (χ0v) is 33.2. The van der Waals surface area contributed by atoms with Crippen LogP contribution >= 0.6 is 0 Å². The van der Waals surface area contributed by atoms with Crippen LogP contribution < -0.4 is 5.19 Å². The Labute approximate surface area is 316 Å². The number of aromatic nitrogens is 2. The maximum absolute atomic E-state index is 6.27.